The number of morpholine rings is 1. The van der Waals surface area contributed by atoms with Crippen LogP contribution in [0.1, 0.15) is 31.1 Å². The predicted octanol–water partition coefficient (Wildman–Crippen LogP) is 1.90. The Balaban J connectivity index is 2.24. The molecule has 1 aromatic heterocycles. The standard InChI is InChI=1S/C13H18N2O2/c1-10(16)11-4-5-12(14-8-11)15-6-7-17-9-13(15,2)3/h4-5,8H,6-7,9H2,1-3H3. The number of Topliss-reactive ketones (excluding diaryl/α,β-unsaturated/α-hetero) is 1. The lowest BCUT2D eigenvalue weighted by molar-refractivity contribution is 0.0639. The molecule has 17 heavy (non-hydrogen) atoms. The SMILES string of the molecule is CC(=O)c1ccc(N2CCOCC2(C)C)nc1. The van der Waals surface area contributed by atoms with Crippen LogP contribution in [0.2, 0.25) is 0 Å². The Morgan fingerprint density at radius 2 is 2.24 bits per heavy atom. The molecule has 4 heteroatoms. The van der Waals surface area contributed by atoms with Gasteiger partial charge in [-0.05, 0) is 32.9 Å². The van der Waals surface area contributed by atoms with E-state index in [1.807, 2.05) is 12.1 Å². The van der Waals surface area contributed by atoms with Crippen LogP contribution in [0.3, 0.4) is 0 Å². The largest absolute Gasteiger partial charge is 0.377 e. The molecule has 4 nitrogen and oxygen atoms in total. The van der Waals surface area contributed by atoms with Gasteiger partial charge in [0.1, 0.15) is 5.82 Å². The van der Waals surface area contributed by atoms with Gasteiger partial charge in [0.15, 0.2) is 5.78 Å². The number of hydrogen-bond acceptors (Lipinski definition) is 4. The van der Waals surface area contributed by atoms with Crippen LogP contribution < -0.4 is 4.90 Å². The highest BCUT2D eigenvalue weighted by atomic mass is 16.5. The second-order valence-electron chi connectivity index (χ2n) is 4.98. The van der Waals surface area contributed by atoms with Crippen molar-refractivity contribution in [2.24, 2.45) is 0 Å². The van der Waals surface area contributed by atoms with Crippen LogP contribution in [0.4, 0.5) is 5.82 Å². The highest BCUT2D eigenvalue weighted by molar-refractivity contribution is 5.93. The average molecular weight is 234 g/mol. The molecule has 92 valence electrons. The Morgan fingerprint density at radius 1 is 1.47 bits per heavy atom. The molecule has 0 saturated carbocycles. The first-order valence-corrected chi connectivity index (χ1v) is 5.83. The van der Waals surface area contributed by atoms with Crippen molar-refractivity contribution in [2.75, 3.05) is 24.7 Å². The van der Waals surface area contributed by atoms with Crippen LogP contribution >= 0.6 is 0 Å². The molecule has 0 bridgehead atoms. The van der Waals surface area contributed by atoms with Crippen molar-refractivity contribution in [2.45, 2.75) is 26.3 Å². The first kappa shape index (κ1) is 12.0. The number of hydrogen-bond donors (Lipinski definition) is 0. The zero-order valence-corrected chi connectivity index (χ0v) is 10.6. The molecule has 1 saturated heterocycles. The van der Waals surface area contributed by atoms with E-state index < -0.39 is 0 Å². The number of rotatable bonds is 2. The van der Waals surface area contributed by atoms with Crippen LogP contribution in [0.5, 0.6) is 0 Å². The van der Waals surface area contributed by atoms with Gasteiger partial charge in [0.2, 0.25) is 0 Å². The molecule has 0 aromatic carbocycles. The maximum atomic E-state index is 11.2. The summed E-state index contributed by atoms with van der Waals surface area (Å²) >= 11 is 0. The highest BCUT2D eigenvalue weighted by Gasteiger charge is 2.31. The molecule has 0 radical (unpaired) electrons. The Kier molecular flexibility index (Phi) is 3.15. The summed E-state index contributed by atoms with van der Waals surface area (Å²) in [5.41, 5.74) is 0.600. The first-order valence-electron chi connectivity index (χ1n) is 5.83. The fourth-order valence-corrected chi connectivity index (χ4v) is 2.04. The Labute approximate surface area is 102 Å². The topological polar surface area (TPSA) is 42.4 Å². The van der Waals surface area contributed by atoms with Gasteiger partial charge in [0.05, 0.1) is 18.8 Å². The molecule has 2 heterocycles. The number of ether oxygens (including phenoxy) is 1. The van der Waals surface area contributed by atoms with E-state index in [0.29, 0.717) is 12.2 Å². The Bertz CT molecular complexity index is 412. The van der Waals surface area contributed by atoms with Crippen molar-refractivity contribution in [3.8, 4) is 0 Å². The van der Waals surface area contributed by atoms with E-state index in [1.54, 1.807) is 13.1 Å². The number of carbonyl (C=O) groups excluding carboxylic acids is 1. The second kappa shape index (κ2) is 4.45. The lowest BCUT2D eigenvalue weighted by atomic mass is 10.0. The quantitative estimate of drug-likeness (QED) is 0.733. The van der Waals surface area contributed by atoms with Crippen molar-refractivity contribution in [3.63, 3.8) is 0 Å². The summed E-state index contributed by atoms with van der Waals surface area (Å²) in [4.78, 5) is 17.8. The van der Waals surface area contributed by atoms with Crippen LogP contribution in [0.25, 0.3) is 0 Å². The summed E-state index contributed by atoms with van der Waals surface area (Å²) in [5, 5.41) is 0. The van der Waals surface area contributed by atoms with Crippen molar-refractivity contribution in [3.05, 3.63) is 23.9 Å². The van der Waals surface area contributed by atoms with E-state index in [0.717, 1.165) is 19.0 Å². The molecule has 0 amide bonds. The van der Waals surface area contributed by atoms with Gasteiger partial charge in [0, 0.05) is 18.3 Å². The van der Waals surface area contributed by atoms with Crippen molar-refractivity contribution < 1.29 is 9.53 Å². The third-order valence-electron chi connectivity index (χ3n) is 3.08. The van der Waals surface area contributed by atoms with Gasteiger partial charge in [-0.2, -0.15) is 0 Å². The molecule has 0 aliphatic carbocycles. The maximum Gasteiger partial charge on any atom is 0.161 e. The zero-order valence-electron chi connectivity index (χ0n) is 10.6. The Morgan fingerprint density at radius 3 is 2.76 bits per heavy atom. The van der Waals surface area contributed by atoms with E-state index in [9.17, 15) is 4.79 Å². The van der Waals surface area contributed by atoms with Crippen LogP contribution in [-0.2, 0) is 4.74 Å². The Hall–Kier alpha value is -1.42. The van der Waals surface area contributed by atoms with Gasteiger partial charge in [-0.1, -0.05) is 0 Å². The van der Waals surface area contributed by atoms with E-state index in [1.165, 1.54) is 0 Å². The molecule has 1 aliphatic heterocycles. The van der Waals surface area contributed by atoms with Crippen molar-refractivity contribution in [1.82, 2.24) is 4.98 Å². The molecule has 0 unspecified atom stereocenters. The van der Waals surface area contributed by atoms with E-state index >= 15 is 0 Å². The number of carbonyl (C=O) groups is 1. The fourth-order valence-electron chi connectivity index (χ4n) is 2.04. The van der Waals surface area contributed by atoms with Gasteiger partial charge < -0.3 is 9.64 Å². The molecule has 1 aliphatic rings. The van der Waals surface area contributed by atoms with Crippen LogP contribution in [0.15, 0.2) is 18.3 Å². The first-order chi connectivity index (χ1) is 8.00. The number of nitrogens with zero attached hydrogens (tertiary/aromatic N) is 2. The molecule has 2 rings (SSSR count). The van der Waals surface area contributed by atoms with Gasteiger partial charge >= 0.3 is 0 Å². The predicted molar refractivity (Wildman–Crippen MR) is 66.5 cm³/mol. The molecular weight excluding hydrogens is 216 g/mol. The minimum absolute atomic E-state index is 0.0466. The lowest BCUT2D eigenvalue weighted by Gasteiger charge is -2.42. The summed E-state index contributed by atoms with van der Waals surface area (Å²) in [6.45, 7) is 8.07. The fraction of sp³-hybridized carbons (Fsp3) is 0.538. The van der Waals surface area contributed by atoms with Crippen LogP contribution in [0, 0.1) is 0 Å². The molecular formula is C13H18N2O2. The average Bonchev–Trinajstić information content (AvgIpc) is 2.28. The number of anilines is 1. The van der Waals surface area contributed by atoms with Crippen molar-refractivity contribution in [1.29, 1.82) is 0 Å². The van der Waals surface area contributed by atoms with Gasteiger partial charge in [-0.25, -0.2) is 4.98 Å². The maximum absolute atomic E-state index is 11.2. The number of pyridine rings is 1. The minimum atomic E-state index is -0.0526. The van der Waals surface area contributed by atoms with E-state index in [2.05, 4.69) is 23.7 Å². The number of ketones is 1. The lowest BCUT2D eigenvalue weighted by Crippen LogP contribution is -2.53. The summed E-state index contributed by atoms with van der Waals surface area (Å²) in [7, 11) is 0. The molecule has 1 fully saturated rings. The van der Waals surface area contributed by atoms with Crippen LogP contribution in [-0.4, -0.2) is 36.1 Å². The van der Waals surface area contributed by atoms with E-state index in [4.69, 9.17) is 4.74 Å². The summed E-state index contributed by atoms with van der Waals surface area (Å²) in [6, 6.07) is 3.74. The van der Waals surface area contributed by atoms with E-state index in [-0.39, 0.29) is 11.3 Å². The smallest absolute Gasteiger partial charge is 0.161 e. The summed E-state index contributed by atoms with van der Waals surface area (Å²) in [5.74, 6) is 0.952. The zero-order chi connectivity index (χ0) is 12.5. The van der Waals surface area contributed by atoms with Gasteiger partial charge in [0.25, 0.3) is 0 Å². The summed E-state index contributed by atoms with van der Waals surface area (Å²) in [6.07, 6.45) is 1.64. The molecule has 0 spiro atoms. The third kappa shape index (κ3) is 2.47. The minimum Gasteiger partial charge on any atom is -0.377 e. The summed E-state index contributed by atoms with van der Waals surface area (Å²) < 4.78 is 5.47. The van der Waals surface area contributed by atoms with Gasteiger partial charge in [-0.15, -0.1) is 0 Å². The normalized spacial score (nSPS) is 19.1. The molecule has 0 atom stereocenters. The second-order valence-corrected chi connectivity index (χ2v) is 4.98. The van der Waals surface area contributed by atoms with Crippen molar-refractivity contribution >= 4 is 11.6 Å². The highest BCUT2D eigenvalue weighted by Crippen LogP contribution is 2.25. The monoisotopic (exact) mass is 234 g/mol. The third-order valence-corrected chi connectivity index (χ3v) is 3.08. The number of aromatic nitrogens is 1. The van der Waals surface area contributed by atoms with Gasteiger partial charge in [-0.3, -0.25) is 4.79 Å². The molecule has 1 aromatic rings. The molecule has 0 N–H and O–H groups in total.